The summed E-state index contributed by atoms with van der Waals surface area (Å²) in [5.74, 6) is 0.610. The fourth-order valence-electron chi connectivity index (χ4n) is 4.21. The molecule has 3 nitrogen and oxygen atoms in total. The standard InChI is InChI=1S/C29H20N2O/c1-19-13-14-28-27(15-19)31-29(32-28)22-9-6-10-23(17-22)30-18-26-24-11-4-2-7-20(24)16-21-8-3-5-12-25(21)26/h2-18H,1H3. The number of aromatic nitrogens is 1. The SMILES string of the molecule is Cc1ccc2oc(-c3cccc(N=Cc4c5ccccc5cc5ccccc45)c3)nc2c1. The van der Waals surface area contributed by atoms with Crippen molar-refractivity contribution in [2.75, 3.05) is 0 Å². The highest BCUT2D eigenvalue weighted by atomic mass is 16.3. The summed E-state index contributed by atoms with van der Waals surface area (Å²) >= 11 is 0. The van der Waals surface area contributed by atoms with Gasteiger partial charge in [0, 0.05) is 17.3 Å². The second kappa shape index (κ2) is 7.47. The van der Waals surface area contributed by atoms with Gasteiger partial charge >= 0.3 is 0 Å². The molecule has 5 aromatic carbocycles. The summed E-state index contributed by atoms with van der Waals surface area (Å²) in [6.45, 7) is 2.06. The molecule has 1 aromatic heterocycles. The molecule has 152 valence electrons. The van der Waals surface area contributed by atoms with Gasteiger partial charge in [-0.2, -0.15) is 0 Å². The van der Waals surface area contributed by atoms with Crippen LogP contribution < -0.4 is 0 Å². The number of nitrogens with zero attached hydrogens (tertiary/aromatic N) is 2. The molecular weight excluding hydrogens is 392 g/mol. The summed E-state index contributed by atoms with van der Waals surface area (Å²) in [5, 5.41) is 4.81. The molecule has 0 fully saturated rings. The van der Waals surface area contributed by atoms with Gasteiger partial charge in [-0.05, 0) is 70.4 Å². The summed E-state index contributed by atoms with van der Waals surface area (Å²) < 4.78 is 5.98. The maximum absolute atomic E-state index is 5.98. The minimum atomic E-state index is 0.610. The zero-order chi connectivity index (χ0) is 21.5. The number of benzene rings is 5. The van der Waals surface area contributed by atoms with Crippen molar-refractivity contribution in [1.29, 1.82) is 0 Å². The molecule has 0 bridgehead atoms. The second-order valence-corrected chi connectivity index (χ2v) is 8.03. The smallest absolute Gasteiger partial charge is 0.227 e. The van der Waals surface area contributed by atoms with Gasteiger partial charge in [-0.1, -0.05) is 60.7 Å². The van der Waals surface area contributed by atoms with E-state index in [2.05, 4.69) is 66.5 Å². The highest BCUT2D eigenvalue weighted by Gasteiger charge is 2.09. The summed E-state index contributed by atoms with van der Waals surface area (Å²) in [6.07, 6.45) is 1.97. The third-order valence-electron chi connectivity index (χ3n) is 5.79. The van der Waals surface area contributed by atoms with Crippen LogP contribution in [0.15, 0.2) is 106 Å². The van der Waals surface area contributed by atoms with Crippen molar-refractivity contribution >= 4 is 44.5 Å². The van der Waals surface area contributed by atoms with Crippen LogP contribution in [0.1, 0.15) is 11.1 Å². The third kappa shape index (κ3) is 3.25. The predicted octanol–water partition coefficient (Wildman–Crippen LogP) is 7.86. The van der Waals surface area contributed by atoms with Crippen LogP contribution in [0.3, 0.4) is 0 Å². The Morgan fingerprint density at radius 2 is 1.50 bits per heavy atom. The highest BCUT2D eigenvalue weighted by Crippen LogP contribution is 2.30. The third-order valence-corrected chi connectivity index (χ3v) is 5.79. The van der Waals surface area contributed by atoms with Crippen molar-refractivity contribution < 1.29 is 4.42 Å². The zero-order valence-electron chi connectivity index (χ0n) is 17.6. The average molecular weight is 412 g/mol. The molecule has 0 atom stereocenters. The monoisotopic (exact) mass is 412 g/mol. The lowest BCUT2D eigenvalue weighted by atomic mass is 9.97. The molecule has 0 unspecified atom stereocenters. The van der Waals surface area contributed by atoms with Gasteiger partial charge in [0.2, 0.25) is 5.89 Å². The van der Waals surface area contributed by atoms with Crippen molar-refractivity contribution in [2.24, 2.45) is 4.99 Å². The van der Waals surface area contributed by atoms with Gasteiger partial charge in [0.25, 0.3) is 0 Å². The first kappa shape index (κ1) is 18.5. The molecule has 0 radical (unpaired) electrons. The Kier molecular flexibility index (Phi) is 4.32. The number of rotatable bonds is 3. The van der Waals surface area contributed by atoms with Crippen LogP contribution >= 0.6 is 0 Å². The Morgan fingerprint density at radius 3 is 2.28 bits per heavy atom. The quantitative estimate of drug-likeness (QED) is 0.219. The van der Waals surface area contributed by atoms with E-state index in [-0.39, 0.29) is 0 Å². The van der Waals surface area contributed by atoms with Gasteiger partial charge in [0.15, 0.2) is 5.58 Å². The summed E-state index contributed by atoms with van der Waals surface area (Å²) in [7, 11) is 0. The molecule has 0 N–H and O–H groups in total. The van der Waals surface area contributed by atoms with E-state index in [1.807, 2.05) is 48.7 Å². The summed E-state index contributed by atoms with van der Waals surface area (Å²) in [4.78, 5) is 9.50. The van der Waals surface area contributed by atoms with E-state index >= 15 is 0 Å². The maximum Gasteiger partial charge on any atom is 0.227 e. The molecule has 0 amide bonds. The van der Waals surface area contributed by atoms with Crippen LogP contribution in [0, 0.1) is 6.92 Å². The number of hydrogen-bond acceptors (Lipinski definition) is 3. The van der Waals surface area contributed by atoms with Crippen LogP contribution in [0.5, 0.6) is 0 Å². The number of aryl methyl sites for hydroxylation is 1. The molecule has 0 aliphatic rings. The van der Waals surface area contributed by atoms with E-state index in [0.29, 0.717) is 5.89 Å². The van der Waals surface area contributed by atoms with Gasteiger partial charge in [0.1, 0.15) is 5.52 Å². The first-order valence-corrected chi connectivity index (χ1v) is 10.7. The Labute approximate surface area is 185 Å². The number of hydrogen-bond donors (Lipinski definition) is 0. The molecule has 6 rings (SSSR count). The van der Waals surface area contributed by atoms with Crippen molar-refractivity contribution in [1.82, 2.24) is 4.98 Å². The largest absolute Gasteiger partial charge is 0.436 e. The van der Waals surface area contributed by atoms with Crippen molar-refractivity contribution in [3.63, 3.8) is 0 Å². The topological polar surface area (TPSA) is 38.4 Å². The molecule has 32 heavy (non-hydrogen) atoms. The zero-order valence-corrected chi connectivity index (χ0v) is 17.6. The van der Waals surface area contributed by atoms with E-state index < -0.39 is 0 Å². The molecule has 3 heteroatoms. The molecule has 0 aliphatic carbocycles. The second-order valence-electron chi connectivity index (χ2n) is 8.03. The number of fused-ring (bicyclic) bond motifs is 3. The van der Waals surface area contributed by atoms with Crippen LogP contribution in [0.25, 0.3) is 44.1 Å². The first-order chi connectivity index (χ1) is 15.7. The predicted molar refractivity (Wildman–Crippen MR) is 133 cm³/mol. The highest BCUT2D eigenvalue weighted by molar-refractivity contribution is 6.13. The average Bonchev–Trinajstić information content (AvgIpc) is 3.25. The lowest BCUT2D eigenvalue weighted by Crippen LogP contribution is -1.88. The minimum absolute atomic E-state index is 0.610. The minimum Gasteiger partial charge on any atom is -0.436 e. The lowest BCUT2D eigenvalue weighted by Gasteiger charge is -2.08. The molecule has 0 saturated heterocycles. The van der Waals surface area contributed by atoms with E-state index in [1.165, 1.54) is 21.5 Å². The maximum atomic E-state index is 5.98. The Hall–Kier alpha value is -4.24. The number of aliphatic imine (C=N–C) groups is 1. The Balaban J connectivity index is 1.44. The molecule has 6 aromatic rings. The summed E-state index contributed by atoms with van der Waals surface area (Å²) in [5.41, 5.74) is 5.73. The lowest BCUT2D eigenvalue weighted by molar-refractivity contribution is 0.620. The van der Waals surface area contributed by atoms with Crippen LogP contribution in [-0.2, 0) is 0 Å². The van der Waals surface area contributed by atoms with Gasteiger partial charge in [-0.25, -0.2) is 4.98 Å². The van der Waals surface area contributed by atoms with Crippen molar-refractivity contribution in [2.45, 2.75) is 6.92 Å². The van der Waals surface area contributed by atoms with E-state index in [4.69, 9.17) is 9.41 Å². The Bertz CT molecular complexity index is 1590. The molecule has 1 heterocycles. The summed E-state index contributed by atoms with van der Waals surface area (Å²) in [6, 6.07) is 33.2. The van der Waals surface area contributed by atoms with Gasteiger partial charge in [-0.15, -0.1) is 0 Å². The molecular formula is C29H20N2O. The normalized spacial score (nSPS) is 11.8. The van der Waals surface area contributed by atoms with Crippen LogP contribution in [0.2, 0.25) is 0 Å². The van der Waals surface area contributed by atoms with Gasteiger partial charge in [0.05, 0.1) is 5.69 Å². The van der Waals surface area contributed by atoms with E-state index in [0.717, 1.165) is 33.5 Å². The van der Waals surface area contributed by atoms with Gasteiger partial charge < -0.3 is 4.42 Å². The Morgan fingerprint density at radius 1 is 0.750 bits per heavy atom. The fraction of sp³-hybridized carbons (Fsp3) is 0.0345. The van der Waals surface area contributed by atoms with Crippen LogP contribution in [0.4, 0.5) is 5.69 Å². The van der Waals surface area contributed by atoms with Crippen LogP contribution in [-0.4, -0.2) is 11.2 Å². The van der Waals surface area contributed by atoms with Crippen molar-refractivity contribution in [3.8, 4) is 11.5 Å². The van der Waals surface area contributed by atoms with E-state index in [1.54, 1.807) is 0 Å². The van der Waals surface area contributed by atoms with Gasteiger partial charge in [-0.3, -0.25) is 4.99 Å². The molecule has 0 aliphatic heterocycles. The number of oxazole rings is 1. The first-order valence-electron chi connectivity index (χ1n) is 10.7. The molecule has 0 saturated carbocycles. The van der Waals surface area contributed by atoms with Crippen molar-refractivity contribution in [3.05, 3.63) is 108 Å². The molecule has 0 spiro atoms. The van der Waals surface area contributed by atoms with E-state index in [9.17, 15) is 0 Å². The fourth-order valence-corrected chi connectivity index (χ4v) is 4.21.